The Balaban J connectivity index is 1.15. The lowest BCUT2D eigenvalue weighted by Gasteiger charge is -2.37. The molecule has 2 amide bonds. The van der Waals surface area contributed by atoms with Crippen LogP contribution in [0.2, 0.25) is 0 Å². The van der Waals surface area contributed by atoms with Crippen LogP contribution in [-0.2, 0) is 11.3 Å². The molecule has 0 unspecified atom stereocenters. The van der Waals surface area contributed by atoms with Crippen molar-refractivity contribution in [1.82, 2.24) is 20.8 Å². The number of carbonyl (C=O) groups is 3. The van der Waals surface area contributed by atoms with Crippen LogP contribution in [0.25, 0.3) is 11.1 Å². The van der Waals surface area contributed by atoms with Crippen molar-refractivity contribution in [3.8, 4) is 22.6 Å². The molecule has 1 radical (unpaired) electrons. The topological polar surface area (TPSA) is 135 Å². The number of nitrogens with zero attached hydrogens (tertiary/aromatic N) is 3. The first-order valence-corrected chi connectivity index (χ1v) is 16.4. The smallest absolute Gasteiger partial charge is 0.429 e. The van der Waals surface area contributed by atoms with E-state index in [0.717, 1.165) is 29.7 Å². The monoisotopic (exact) mass is 664 g/mol. The molecule has 11 heteroatoms. The van der Waals surface area contributed by atoms with Crippen LogP contribution in [0.15, 0.2) is 97.1 Å². The van der Waals surface area contributed by atoms with E-state index in [0.29, 0.717) is 36.3 Å². The van der Waals surface area contributed by atoms with E-state index in [4.69, 9.17) is 4.74 Å². The second kappa shape index (κ2) is 17.3. The molecule has 255 valence electrons. The number of benzene rings is 4. The number of carbonyl (C=O) groups excluding carboxylic acids is 3. The molecule has 49 heavy (non-hydrogen) atoms. The summed E-state index contributed by atoms with van der Waals surface area (Å²) in [6, 6.07) is 28.7. The van der Waals surface area contributed by atoms with Gasteiger partial charge in [-0.3, -0.25) is 14.6 Å². The Labute approximate surface area is 286 Å². The first-order valence-electron chi connectivity index (χ1n) is 16.4. The molecule has 0 spiro atoms. The molecule has 1 aliphatic rings. The van der Waals surface area contributed by atoms with Gasteiger partial charge in [-0.15, -0.1) is 0 Å². The largest absolute Gasteiger partial charge is 0.504 e. The number of para-hydroxylation sites is 1. The molecule has 0 saturated carbocycles. The second-order valence-corrected chi connectivity index (χ2v) is 11.5. The summed E-state index contributed by atoms with van der Waals surface area (Å²) in [5.74, 6) is -0.984. The molecular formula is C38H42N5O6. The van der Waals surface area contributed by atoms with Crippen LogP contribution in [0.1, 0.15) is 46.0 Å². The highest BCUT2D eigenvalue weighted by Crippen LogP contribution is 2.33. The Morgan fingerprint density at radius 1 is 0.837 bits per heavy atom. The fraction of sp³-hybridized carbons (Fsp3) is 0.263. The SMILES string of the molecule is CCN(NCc1ccc(O)c(O)c1)C(=O)c1cccc(C(=O)CNCCOC(=O)N(c2ccccc2-c2ccccc2)N2CC[CH]CC2)c1. The Hall–Kier alpha value is -5.23. The third-order valence-electron chi connectivity index (χ3n) is 8.15. The fourth-order valence-electron chi connectivity index (χ4n) is 5.57. The standard InChI is InChI=1S/C38H42N5O6/c1-2-42(40-26-28-18-19-34(44)35(45)24-28)37(47)31-15-11-14-30(25-31)36(46)27-39-20-23-49-38(48)43(41-21-9-4-10-22-41)33-17-8-7-16-32(33)29-12-5-3-6-13-29/h3-8,11-19,24-25,39-40,44-45H,2,9-10,20-23,26-27H2,1H3. The van der Waals surface area contributed by atoms with Crippen molar-refractivity contribution in [2.75, 3.05) is 44.3 Å². The first-order chi connectivity index (χ1) is 23.9. The summed E-state index contributed by atoms with van der Waals surface area (Å²) in [5, 5.41) is 27.4. The summed E-state index contributed by atoms with van der Waals surface area (Å²) in [5.41, 5.74) is 7.10. The van der Waals surface area contributed by atoms with Crippen molar-refractivity contribution in [3.05, 3.63) is 120 Å². The molecule has 5 rings (SSSR count). The zero-order valence-electron chi connectivity index (χ0n) is 27.5. The molecule has 11 nitrogen and oxygen atoms in total. The van der Waals surface area contributed by atoms with Gasteiger partial charge >= 0.3 is 6.09 Å². The molecule has 4 N–H and O–H groups in total. The molecule has 0 aliphatic carbocycles. The lowest BCUT2D eigenvalue weighted by Crippen LogP contribution is -2.50. The van der Waals surface area contributed by atoms with Gasteiger partial charge in [0.25, 0.3) is 5.91 Å². The van der Waals surface area contributed by atoms with E-state index in [-0.39, 0.29) is 49.4 Å². The third-order valence-corrected chi connectivity index (χ3v) is 8.15. The summed E-state index contributed by atoms with van der Waals surface area (Å²) >= 11 is 0. The third kappa shape index (κ3) is 9.23. The van der Waals surface area contributed by atoms with Crippen LogP contribution in [0.4, 0.5) is 10.5 Å². The van der Waals surface area contributed by atoms with Crippen molar-refractivity contribution in [3.63, 3.8) is 0 Å². The minimum atomic E-state index is -0.485. The predicted molar refractivity (Wildman–Crippen MR) is 188 cm³/mol. The quantitative estimate of drug-likeness (QED) is 0.0592. The minimum Gasteiger partial charge on any atom is -0.504 e. The van der Waals surface area contributed by atoms with Crippen molar-refractivity contribution in [1.29, 1.82) is 0 Å². The maximum atomic E-state index is 13.6. The number of ketones is 1. The first kappa shape index (κ1) is 35.1. The Morgan fingerprint density at radius 2 is 1.57 bits per heavy atom. The number of hydrogen-bond donors (Lipinski definition) is 4. The van der Waals surface area contributed by atoms with Gasteiger partial charge in [-0.05, 0) is 67.6 Å². The summed E-state index contributed by atoms with van der Waals surface area (Å²) in [7, 11) is 0. The van der Waals surface area contributed by atoms with Gasteiger partial charge in [0.05, 0.1) is 12.2 Å². The van der Waals surface area contributed by atoms with Crippen molar-refractivity contribution in [2.24, 2.45) is 0 Å². The van der Waals surface area contributed by atoms with Crippen LogP contribution < -0.4 is 15.8 Å². The van der Waals surface area contributed by atoms with E-state index in [1.165, 1.54) is 17.1 Å². The maximum absolute atomic E-state index is 13.6. The van der Waals surface area contributed by atoms with Gasteiger partial charge in [-0.1, -0.05) is 66.7 Å². The number of phenolic OH excluding ortho intramolecular Hbond substituents is 2. The lowest BCUT2D eigenvalue weighted by molar-refractivity contribution is 0.0665. The molecule has 0 bridgehead atoms. The van der Waals surface area contributed by atoms with Gasteiger partial charge in [-0.25, -0.2) is 20.2 Å². The number of hydrazine groups is 2. The van der Waals surface area contributed by atoms with E-state index >= 15 is 0 Å². The Kier molecular flexibility index (Phi) is 12.4. The van der Waals surface area contributed by atoms with Crippen molar-refractivity contribution < 1.29 is 29.3 Å². The van der Waals surface area contributed by atoms with Crippen LogP contribution in [0.3, 0.4) is 0 Å². The van der Waals surface area contributed by atoms with Gasteiger partial charge in [0.2, 0.25) is 0 Å². The number of Topliss-reactive ketones (excluding diaryl/α,β-unsaturated/α-hetero) is 1. The van der Waals surface area contributed by atoms with Crippen LogP contribution >= 0.6 is 0 Å². The zero-order valence-corrected chi connectivity index (χ0v) is 27.5. The highest BCUT2D eigenvalue weighted by atomic mass is 16.6. The summed E-state index contributed by atoms with van der Waals surface area (Å²) < 4.78 is 5.72. The second-order valence-electron chi connectivity index (χ2n) is 11.5. The number of hydrogen-bond acceptors (Lipinski definition) is 9. The number of amides is 2. The van der Waals surface area contributed by atoms with Crippen LogP contribution in [-0.4, -0.2) is 77.3 Å². The molecule has 0 atom stereocenters. The Morgan fingerprint density at radius 3 is 2.33 bits per heavy atom. The zero-order chi connectivity index (χ0) is 34.6. The number of ether oxygens (including phenoxy) is 1. The van der Waals surface area contributed by atoms with Gasteiger partial charge < -0.3 is 20.3 Å². The summed E-state index contributed by atoms with van der Waals surface area (Å²) in [6.45, 7) is 4.13. The molecule has 0 aromatic heterocycles. The molecule has 1 aliphatic heterocycles. The molecule has 1 saturated heterocycles. The number of phenols is 2. The molecule has 4 aromatic rings. The Bertz CT molecular complexity index is 1730. The normalized spacial score (nSPS) is 13.1. The van der Waals surface area contributed by atoms with E-state index in [1.807, 2.05) is 66.5 Å². The summed E-state index contributed by atoms with van der Waals surface area (Å²) in [4.78, 5) is 39.8. The van der Waals surface area contributed by atoms with Crippen molar-refractivity contribution >= 4 is 23.5 Å². The highest BCUT2D eigenvalue weighted by Gasteiger charge is 2.28. The average molecular weight is 665 g/mol. The van der Waals surface area contributed by atoms with Gasteiger partial charge in [-0.2, -0.15) is 0 Å². The van der Waals surface area contributed by atoms with Crippen LogP contribution in [0.5, 0.6) is 11.5 Å². The average Bonchev–Trinajstić information content (AvgIpc) is 3.14. The summed E-state index contributed by atoms with van der Waals surface area (Å²) in [6.07, 6.45) is 3.47. The minimum absolute atomic E-state index is 0.00219. The van der Waals surface area contributed by atoms with Gasteiger partial charge in [0.1, 0.15) is 6.61 Å². The fourth-order valence-corrected chi connectivity index (χ4v) is 5.57. The van der Waals surface area contributed by atoms with E-state index in [2.05, 4.69) is 17.2 Å². The lowest BCUT2D eigenvalue weighted by atomic mass is 10.0. The molecule has 4 aromatic carbocycles. The number of nitrogens with one attached hydrogen (secondary N) is 2. The van der Waals surface area contributed by atoms with Gasteiger partial charge in [0.15, 0.2) is 17.3 Å². The predicted octanol–water partition coefficient (Wildman–Crippen LogP) is 5.56. The molecule has 1 fully saturated rings. The number of rotatable bonds is 14. The van der Waals surface area contributed by atoms with Crippen LogP contribution in [0, 0.1) is 6.42 Å². The number of anilines is 1. The maximum Gasteiger partial charge on any atom is 0.429 e. The van der Waals surface area contributed by atoms with E-state index in [9.17, 15) is 24.6 Å². The van der Waals surface area contributed by atoms with E-state index < -0.39 is 6.09 Å². The number of aromatic hydroxyl groups is 2. The molecular weight excluding hydrogens is 622 g/mol. The highest BCUT2D eigenvalue weighted by molar-refractivity contribution is 6.01. The van der Waals surface area contributed by atoms with E-state index in [1.54, 1.807) is 35.3 Å². The molecule has 1 heterocycles. The van der Waals surface area contributed by atoms with Crippen molar-refractivity contribution in [2.45, 2.75) is 26.3 Å². The number of piperidine rings is 1. The van der Waals surface area contributed by atoms with Gasteiger partial charge in [0, 0.05) is 49.4 Å².